The van der Waals surface area contributed by atoms with Crippen molar-refractivity contribution in [3.63, 3.8) is 0 Å². The van der Waals surface area contributed by atoms with Crippen LogP contribution in [0.3, 0.4) is 0 Å². The van der Waals surface area contributed by atoms with E-state index in [1.54, 1.807) is 31.2 Å². The predicted octanol–water partition coefficient (Wildman–Crippen LogP) is 2.60. The number of rotatable bonds is 6. The smallest absolute Gasteiger partial charge is 0.220 e. The van der Waals surface area contributed by atoms with Crippen LogP contribution in [0, 0.1) is 0 Å². The standard InChI is InChI=1S/C17H19NO3S/c1-11-12(7-8-15(19)18-9-4-10-22)17(21)14-6-3-2-5-13(14)16(11)20/h2-3,5-6,22H,4,7-10H2,1H3,(H,18,19). The van der Waals surface area contributed by atoms with Gasteiger partial charge in [0.2, 0.25) is 5.91 Å². The zero-order valence-electron chi connectivity index (χ0n) is 12.5. The van der Waals surface area contributed by atoms with E-state index >= 15 is 0 Å². The van der Waals surface area contributed by atoms with Crippen molar-refractivity contribution in [3.05, 3.63) is 46.5 Å². The van der Waals surface area contributed by atoms with Crippen LogP contribution in [0.1, 0.15) is 46.9 Å². The maximum atomic E-state index is 12.5. The zero-order chi connectivity index (χ0) is 16.1. The molecule has 1 aromatic carbocycles. The normalized spacial score (nSPS) is 14.1. The molecule has 0 fully saturated rings. The van der Waals surface area contributed by atoms with E-state index in [0.29, 0.717) is 34.6 Å². The number of benzene rings is 1. The van der Waals surface area contributed by atoms with Crippen LogP contribution in [-0.4, -0.2) is 29.8 Å². The molecule has 4 nitrogen and oxygen atoms in total. The Balaban J connectivity index is 2.08. The first-order chi connectivity index (χ1) is 10.6. The van der Waals surface area contributed by atoms with E-state index in [4.69, 9.17) is 0 Å². The lowest BCUT2D eigenvalue weighted by Crippen LogP contribution is -2.26. The molecule has 0 aromatic heterocycles. The number of hydrogen-bond acceptors (Lipinski definition) is 4. The van der Waals surface area contributed by atoms with E-state index in [-0.39, 0.29) is 30.3 Å². The van der Waals surface area contributed by atoms with Crippen molar-refractivity contribution in [2.75, 3.05) is 12.3 Å². The minimum absolute atomic E-state index is 0.110. The van der Waals surface area contributed by atoms with Crippen molar-refractivity contribution in [3.8, 4) is 0 Å². The average Bonchev–Trinajstić information content (AvgIpc) is 2.53. The number of fused-ring (bicyclic) bond motifs is 1. The molecule has 0 radical (unpaired) electrons. The average molecular weight is 317 g/mol. The van der Waals surface area contributed by atoms with Gasteiger partial charge < -0.3 is 5.32 Å². The van der Waals surface area contributed by atoms with Crippen LogP contribution in [0.15, 0.2) is 35.4 Å². The van der Waals surface area contributed by atoms with E-state index in [1.165, 1.54) is 0 Å². The van der Waals surface area contributed by atoms with Crippen molar-refractivity contribution in [1.29, 1.82) is 0 Å². The molecule has 0 saturated heterocycles. The van der Waals surface area contributed by atoms with Crippen LogP contribution in [0.5, 0.6) is 0 Å². The molecule has 116 valence electrons. The van der Waals surface area contributed by atoms with Crippen molar-refractivity contribution >= 4 is 30.1 Å². The molecule has 1 aliphatic carbocycles. The van der Waals surface area contributed by atoms with Crippen molar-refractivity contribution in [2.24, 2.45) is 0 Å². The fraction of sp³-hybridized carbons (Fsp3) is 0.353. The fourth-order valence-electron chi connectivity index (χ4n) is 2.49. The number of carbonyl (C=O) groups excluding carboxylic acids is 3. The first-order valence-corrected chi connectivity index (χ1v) is 7.95. The zero-order valence-corrected chi connectivity index (χ0v) is 13.4. The Kier molecular flexibility index (Phi) is 5.55. The van der Waals surface area contributed by atoms with Crippen molar-refractivity contribution in [2.45, 2.75) is 26.2 Å². The minimum Gasteiger partial charge on any atom is -0.356 e. The van der Waals surface area contributed by atoms with Crippen molar-refractivity contribution in [1.82, 2.24) is 5.32 Å². The number of ketones is 2. The second-order valence-electron chi connectivity index (χ2n) is 5.23. The highest BCUT2D eigenvalue weighted by Gasteiger charge is 2.29. The van der Waals surface area contributed by atoms with E-state index in [0.717, 1.165) is 6.42 Å². The van der Waals surface area contributed by atoms with E-state index in [1.807, 2.05) is 0 Å². The van der Waals surface area contributed by atoms with E-state index < -0.39 is 0 Å². The number of carbonyl (C=O) groups is 3. The summed E-state index contributed by atoms with van der Waals surface area (Å²) in [4.78, 5) is 36.5. The number of hydrogen-bond donors (Lipinski definition) is 2. The predicted molar refractivity (Wildman–Crippen MR) is 88.5 cm³/mol. The van der Waals surface area contributed by atoms with Gasteiger partial charge >= 0.3 is 0 Å². The van der Waals surface area contributed by atoms with Gasteiger partial charge in [0.05, 0.1) is 0 Å². The van der Waals surface area contributed by atoms with Gasteiger partial charge in [0.25, 0.3) is 0 Å². The van der Waals surface area contributed by atoms with Crippen molar-refractivity contribution < 1.29 is 14.4 Å². The minimum atomic E-state index is -0.143. The first kappa shape index (κ1) is 16.5. The first-order valence-electron chi connectivity index (χ1n) is 7.32. The molecule has 0 aliphatic heterocycles. The summed E-state index contributed by atoms with van der Waals surface area (Å²) in [6.45, 7) is 2.24. The number of allylic oxidation sites excluding steroid dienone is 2. The van der Waals surface area contributed by atoms with Gasteiger partial charge in [0, 0.05) is 35.2 Å². The summed E-state index contributed by atoms with van der Waals surface area (Å²) < 4.78 is 0. The van der Waals surface area contributed by atoms with Gasteiger partial charge in [-0.1, -0.05) is 24.3 Å². The van der Waals surface area contributed by atoms with Gasteiger partial charge in [-0.05, 0) is 25.5 Å². The lowest BCUT2D eigenvalue weighted by molar-refractivity contribution is -0.121. The van der Waals surface area contributed by atoms with Gasteiger partial charge in [0.15, 0.2) is 11.6 Å². The second-order valence-corrected chi connectivity index (χ2v) is 5.68. The monoisotopic (exact) mass is 317 g/mol. The summed E-state index contributed by atoms with van der Waals surface area (Å²) in [6.07, 6.45) is 1.30. The molecule has 1 aromatic rings. The Bertz CT molecular complexity index is 649. The van der Waals surface area contributed by atoms with Crippen LogP contribution in [0.2, 0.25) is 0 Å². The molecule has 0 atom stereocenters. The Morgan fingerprint density at radius 1 is 1.14 bits per heavy atom. The molecule has 1 aliphatic rings. The highest BCUT2D eigenvalue weighted by molar-refractivity contribution is 7.80. The highest BCUT2D eigenvalue weighted by atomic mass is 32.1. The topological polar surface area (TPSA) is 63.2 Å². The number of Topliss-reactive ketones (excluding diaryl/α,β-unsaturated/α-hetero) is 2. The maximum Gasteiger partial charge on any atom is 0.220 e. The lowest BCUT2D eigenvalue weighted by Gasteiger charge is -2.18. The molecular weight excluding hydrogens is 298 g/mol. The molecule has 5 heteroatoms. The molecule has 0 unspecified atom stereocenters. The summed E-state index contributed by atoms with van der Waals surface area (Å²) in [5.41, 5.74) is 1.79. The maximum absolute atomic E-state index is 12.5. The third kappa shape index (κ3) is 3.47. The summed E-state index contributed by atoms with van der Waals surface area (Å²) in [5.74, 6) is 0.339. The quantitative estimate of drug-likeness (QED) is 0.626. The van der Waals surface area contributed by atoms with Gasteiger partial charge in [-0.3, -0.25) is 14.4 Å². The largest absolute Gasteiger partial charge is 0.356 e. The highest BCUT2D eigenvalue weighted by Crippen LogP contribution is 2.28. The van der Waals surface area contributed by atoms with Gasteiger partial charge in [-0.15, -0.1) is 0 Å². The molecule has 0 bridgehead atoms. The molecule has 0 saturated carbocycles. The summed E-state index contributed by atoms with van der Waals surface area (Å²) >= 11 is 4.08. The second kappa shape index (κ2) is 7.40. The third-order valence-corrected chi connectivity index (χ3v) is 4.06. The lowest BCUT2D eigenvalue weighted by atomic mass is 9.83. The van der Waals surface area contributed by atoms with Crippen LogP contribution < -0.4 is 5.32 Å². The number of amides is 1. The van der Waals surface area contributed by atoms with E-state index in [9.17, 15) is 14.4 Å². The molecular formula is C17H19NO3S. The summed E-state index contributed by atoms with van der Waals surface area (Å²) in [7, 11) is 0. The Hall–Kier alpha value is -1.88. The van der Waals surface area contributed by atoms with Crippen LogP contribution >= 0.6 is 12.6 Å². The van der Waals surface area contributed by atoms with E-state index in [2.05, 4.69) is 17.9 Å². The molecule has 2 rings (SSSR count). The Morgan fingerprint density at radius 2 is 1.77 bits per heavy atom. The fourth-order valence-corrected chi connectivity index (χ4v) is 2.64. The molecule has 0 heterocycles. The molecule has 1 amide bonds. The molecule has 0 spiro atoms. The molecule has 1 N–H and O–H groups in total. The Labute approximate surface area is 135 Å². The number of nitrogens with one attached hydrogen (secondary N) is 1. The summed E-state index contributed by atoms with van der Waals surface area (Å²) in [5, 5.41) is 2.78. The Morgan fingerprint density at radius 3 is 2.41 bits per heavy atom. The number of thiol groups is 1. The SMILES string of the molecule is CC1=C(CCC(=O)NCCCS)C(=O)c2ccccc2C1=O. The van der Waals surface area contributed by atoms with Crippen LogP contribution in [0.25, 0.3) is 0 Å². The molecule has 22 heavy (non-hydrogen) atoms. The van der Waals surface area contributed by atoms with Gasteiger partial charge in [-0.2, -0.15) is 12.6 Å². The van der Waals surface area contributed by atoms with Gasteiger partial charge in [-0.25, -0.2) is 0 Å². The summed E-state index contributed by atoms with van der Waals surface area (Å²) in [6, 6.07) is 6.82. The van der Waals surface area contributed by atoms with Crippen LogP contribution in [0.4, 0.5) is 0 Å². The third-order valence-electron chi connectivity index (χ3n) is 3.74. The van der Waals surface area contributed by atoms with Crippen LogP contribution in [-0.2, 0) is 4.79 Å². The van der Waals surface area contributed by atoms with Gasteiger partial charge in [0.1, 0.15) is 0 Å².